The van der Waals surface area contributed by atoms with E-state index in [1.165, 1.54) is 0 Å². The van der Waals surface area contributed by atoms with Crippen molar-refractivity contribution >= 4 is 6.29 Å². The van der Waals surface area contributed by atoms with Crippen molar-refractivity contribution in [2.45, 2.75) is 6.42 Å². The molecule has 54 valence electrons. The van der Waals surface area contributed by atoms with E-state index < -0.39 is 0 Å². The highest BCUT2D eigenvalue weighted by Crippen LogP contribution is 1.95. The summed E-state index contributed by atoms with van der Waals surface area (Å²) in [6.07, 6.45) is 7.91. The largest absolute Gasteiger partial charge is 0.383 e. The predicted molar refractivity (Wildman–Crippen MR) is 41.3 cm³/mol. The quantitative estimate of drug-likeness (QED) is 0.323. The van der Waals surface area contributed by atoms with E-state index in [0.29, 0.717) is 12.0 Å². The van der Waals surface area contributed by atoms with Gasteiger partial charge >= 0.3 is 0 Å². The summed E-state index contributed by atoms with van der Waals surface area (Å²) in [4.78, 5) is 12.0. The van der Waals surface area contributed by atoms with Crippen molar-refractivity contribution in [3.8, 4) is 12.3 Å². The number of carbonyl (C=O) groups is 1. The number of nitrogens with zero attached hydrogens (tertiary/aromatic N) is 1. The molecule has 0 aromatic rings. The van der Waals surface area contributed by atoms with Gasteiger partial charge in [-0.05, 0) is 0 Å². The molecule has 0 rings (SSSR count). The second kappa shape index (κ2) is 4.63. The van der Waals surface area contributed by atoms with Gasteiger partial charge in [0.05, 0.1) is 0 Å². The van der Waals surface area contributed by atoms with Gasteiger partial charge in [-0.25, -0.2) is 0 Å². The zero-order valence-electron chi connectivity index (χ0n) is 6.29. The van der Waals surface area contributed by atoms with Crippen LogP contribution in [0, 0.1) is 12.3 Å². The Morgan fingerprint density at radius 2 is 2.30 bits per heavy atom. The average molecular weight is 137 g/mol. The molecule has 0 aromatic heterocycles. The van der Waals surface area contributed by atoms with E-state index in [0.717, 1.165) is 6.29 Å². The molecule has 0 aromatic carbocycles. The van der Waals surface area contributed by atoms with Gasteiger partial charge in [-0.3, -0.25) is 4.79 Å². The number of hydrogen-bond donors (Lipinski definition) is 0. The van der Waals surface area contributed by atoms with Crippen molar-refractivity contribution in [1.29, 1.82) is 0 Å². The first-order valence-electron chi connectivity index (χ1n) is 2.96. The molecule has 0 aliphatic rings. The van der Waals surface area contributed by atoms with Crippen molar-refractivity contribution in [3.05, 3.63) is 11.8 Å². The normalized spacial score (nSPS) is 10.3. The van der Waals surface area contributed by atoms with E-state index in [2.05, 4.69) is 5.92 Å². The van der Waals surface area contributed by atoms with Crippen LogP contribution in [0.2, 0.25) is 0 Å². The van der Waals surface area contributed by atoms with Crippen LogP contribution >= 0.6 is 0 Å². The van der Waals surface area contributed by atoms with E-state index in [-0.39, 0.29) is 0 Å². The number of aldehydes is 1. The monoisotopic (exact) mass is 137 g/mol. The Balaban J connectivity index is 4.07. The Hall–Kier alpha value is -1.23. The first-order chi connectivity index (χ1) is 4.70. The average Bonchev–Trinajstić information content (AvgIpc) is 1.86. The molecule has 0 amide bonds. The molecule has 0 unspecified atom stereocenters. The molecular weight excluding hydrogens is 126 g/mol. The Labute approximate surface area is 61.5 Å². The third-order valence-electron chi connectivity index (χ3n) is 0.882. The van der Waals surface area contributed by atoms with Crippen LogP contribution < -0.4 is 0 Å². The van der Waals surface area contributed by atoms with E-state index in [9.17, 15) is 4.79 Å². The Morgan fingerprint density at radius 3 is 2.60 bits per heavy atom. The molecule has 0 atom stereocenters. The van der Waals surface area contributed by atoms with Gasteiger partial charge in [-0.1, -0.05) is 0 Å². The van der Waals surface area contributed by atoms with Gasteiger partial charge in [0, 0.05) is 32.3 Å². The number of carbonyl (C=O) groups excluding carboxylic acids is 1. The van der Waals surface area contributed by atoms with Gasteiger partial charge in [-0.2, -0.15) is 0 Å². The second-order valence-corrected chi connectivity index (χ2v) is 2.17. The van der Waals surface area contributed by atoms with Crippen LogP contribution in [0.3, 0.4) is 0 Å². The van der Waals surface area contributed by atoms with E-state index >= 15 is 0 Å². The van der Waals surface area contributed by atoms with Crippen LogP contribution in [-0.4, -0.2) is 25.3 Å². The lowest BCUT2D eigenvalue weighted by Crippen LogP contribution is -2.03. The topological polar surface area (TPSA) is 20.3 Å². The van der Waals surface area contributed by atoms with Crippen LogP contribution in [-0.2, 0) is 4.79 Å². The smallest absolute Gasteiger partial charge is 0.148 e. The van der Waals surface area contributed by atoms with Crippen LogP contribution in [0.4, 0.5) is 0 Å². The fourth-order valence-corrected chi connectivity index (χ4v) is 0.567. The molecule has 0 heterocycles. The molecule has 2 nitrogen and oxygen atoms in total. The van der Waals surface area contributed by atoms with Crippen molar-refractivity contribution in [1.82, 2.24) is 4.90 Å². The predicted octanol–water partition coefficient (Wildman–Crippen LogP) is 0.654. The van der Waals surface area contributed by atoms with E-state index in [1.54, 1.807) is 11.1 Å². The molecule has 0 N–H and O–H groups in total. The summed E-state index contributed by atoms with van der Waals surface area (Å²) in [6.45, 7) is 0. The minimum Gasteiger partial charge on any atom is -0.383 e. The van der Waals surface area contributed by atoms with Gasteiger partial charge in [0.1, 0.15) is 6.29 Å². The standard InChI is InChI=1S/C8H11NO/c1-4-5-8(7-10)6-9(2)3/h1,6-7H,5H2,2-3H3/b8-6+. The molecule has 0 aliphatic heterocycles. The highest BCUT2D eigenvalue weighted by Gasteiger charge is 1.90. The van der Waals surface area contributed by atoms with Gasteiger partial charge < -0.3 is 4.90 Å². The summed E-state index contributed by atoms with van der Waals surface area (Å²) < 4.78 is 0. The molecule has 0 fully saturated rings. The van der Waals surface area contributed by atoms with Crippen molar-refractivity contribution in [2.75, 3.05) is 14.1 Å². The molecule has 0 bridgehead atoms. The Bertz CT molecular complexity index is 174. The third kappa shape index (κ3) is 3.73. The lowest BCUT2D eigenvalue weighted by Gasteiger charge is -2.04. The summed E-state index contributed by atoms with van der Waals surface area (Å²) in [6, 6.07) is 0. The Morgan fingerprint density at radius 1 is 1.70 bits per heavy atom. The third-order valence-corrected chi connectivity index (χ3v) is 0.882. The first kappa shape index (κ1) is 8.77. The highest BCUT2D eigenvalue weighted by molar-refractivity contribution is 5.73. The summed E-state index contributed by atoms with van der Waals surface area (Å²) in [5.41, 5.74) is 0.632. The SMILES string of the molecule is C#CC/C(C=O)=C\N(C)C. The molecule has 0 saturated heterocycles. The summed E-state index contributed by atoms with van der Waals surface area (Å²) in [5, 5.41) is 0. The van der Waals surface area contributed by atoms with Crippen molar-refractivity contribution in [2.24, 2.45) is 0 Å². The fraction of sp³-hybridized carbons (Fsp3) is 0.375. The number of allylic oxidation sites excluding steroid dienone is 1. The minimum absolute atomic E-state index is 0.404. The number of hydrogen-bond acceptors (Lipinski definition) is 2. The number of rotatable bonds is 3. The highest BCUT2D eigenvalue weighted by atomic mass is 16.1. The van der Waals surface area contributed by atoms with Gasteiger partial charge in [0.15, 0.2) is 0 Å². The maximum atomic E-state index is 10.2. The maximum Gasteiger partial charge on any atom is 0.148 e. The second-order valence-electron chi connectivity index (χ2n) is 2.17. The molecule has 10 heavy (non-hydrogen) atoms. The van der Waals surface area contributed by atoms with Crippen LogP contribution in [0.25, 0.3) is 0 Å². The minimum atomic E-state index is 0.404. The lowest BCUT2D eigenvalue weighted by atomic mass is 10.2. The zero-order valence-corrected chi connectivity index (χ0v) is 6.29. The summed E-state index contributed by atoms with van der Waals surface area (Å²) >= 11 is 0. The fourth-order valence-electron chi connectivity index (χ4n) is 0.567. The molecule has 0 aliphatic carbocycles. The first-order valence-corrected chi connectivity index (χ1v) is 2.96. The molecule has 0 saturated carbocycles. The molecule has 2 heteroatoms. The zero-order chi connectivity index (χ0) is 7.98. The molecular formula is C8H11NO. The summed E-state index contributed by atoms with van der Waals surface area (Å²) in [5.74, 6) is 2.40. The van der Waals surface area contributed by atoms with E-state index in [1.807, 2.05) is 14.1 Å². The van der Waals surface area contributed by atoms with Crippen LogP contribution in [0.1, 0.15) is 6.42 Å². The van der Waals surface area contributed by atoms with E-state index in [4.69, 9.17) is 6.42 Å². The Kier molecular flexibility index (Phi) is 4.06. The van der Waals surface area contributed by atoms with Gasteiger partial charge in [0.25, 0.3) is 0 Å². The van der Waals surface area contributed by atoms with Gasteiger partial charge in [0.2, 0.25) is 0 Å². The van der Waals surface area contributed by atoms with Crippen molar-refractivity contribution < 1.29 is 4.79 Å². The van der Waals surface area contributed by atoms with Crippen LogP contribution in [0.5, 0.6) is 0 Å². The summed E-state index contributed by atoms with van der Waals surface area (Å²) in [7, 11) is 3.69. The molecule has 0 radical (unpaired) electrons. The number of terminal acetylenes is 1. The maximum absolute atomic E-state index is 10.2. The molecule has 0 spiro atoms. The van der Waals surface area contributed by atoms with Crippen molar-refractivity contribution in [3.63, 3.8) is 0 Å². The lowest BCUT2D eigenvalue weighted by molar-refractivity contribution is -0.105. The van der Waals surface area contributed by atoms with Gasteiger partial charge in [-0.15, -0.1) is 12.3 Å². The van der Waals surface area contributed by atoms with Crippen LogP contribution in [0.15, 0.2) is 11.8 Å².